The topological polar surface area (TPSA) is 42.1 Å². The Hall–Kier alpha value is -6.40. The minimum Gasteiger partial charge on any atom is -0.355 e. The SMILES string of the molecule is CN1CN(c2cccc(-n3c4cc(-c5nc6ccc(-c7ccc8ccccc8c7)cc6n5C)ccc4c4cccnc43)c2)c2ccccc21. The number of benzene rings is 6. The second-order valence-electron chi connectivity index (χ2n) is 13.0. The number of aryl methyl sites for hydroxylation is 1. The van der Waals surface area contributed by atoms with Crippen molar-refractivity contribution in [2.75, 3.05) is 23.5 Å². The van der Waals surface area contributed by atoms with Crippen molar-refractivity contribution in [1.82, 2.24) is 19.1 Å². The van der Waals surface area contributed by atoms with Gasteiger partial charge in [-0.25, -0.2) is 9.97 Å². The number of hydrogen-bond acceptors (Lipinski definition) is 4. The lowest BCUT2D eigenvalue weighted by Crippen LogP contribution is -2.24. The van der Waals surface area contributed by atoms with Gasteiger partial charge in [-0.05, 0) is 88.6 Å². The Bertz CT molecular complexity index is 2750. The molecule has 0 amide bonds. The maximum Gasteiger partial charge on any atom is 0.145 e. The minimum atomic E-state index is 0.799. The molecule has 0 saturated heterocycles. The summed E-state index contributed by atoms with van der Waals surface area (Å²) in [6.45, 7) is 0.799. The smallest absolute Gasteiger partial charge is 0.145 e. The predicted molar refractivity (Wildman–Crippen MR) is 203 cm³/mol. The highest BCUT2D eigenvalue weighted by atomic mass is 15.4. The van der Waals surface area contributed by atoms with Crippen LogP contribution in [0.5, 0.6) is 0 Å². The van der Waals surface area contributed by atoms with Gasteiger partial charge in [-0.2, -0.15) is 0 Å². The van der Waals surface area contributed by atoms with Gasteiger partial charge in [0, 0.05) is 48.0 Å². The number of anilines is 3. The second kappa shape index (κ2) is 10.6. The number of hydrogen-bond donors (Lipinski definition) is 0. The van der Waals surface area contributed by atoms with Gasteiger partial charge in [0.2, 0.25) is 0 Å². The average molecular weight is 633 g/mol. The Morgan fingerprint density at radius 3 is 2.22 bits per heavy atom. The van der Waals surface area contributed by atoms with Crippen molar-refractivity contribution >= 4 is 60.8 Å². The first-order chi connectivity index (χ1) is 24.1. The molecule has 3 aromatic heterocycles. The van der Waals surface area contributed by atoms with Crippen molar-refractivity contribution < 1.29 is 0 Å². The van der Waals surface area contributed by atoms with Crippen LogP contribution in [0.4, 0.5) is 17.1 Å². The second-order valence-corrected chi connectivity index (χ2v) is 13.0. The number of aromatic nitrogens is 4. The first-order valence-corrected chi connectivity index (χ1v) is 16.6. The van der Waals surface area contributed by atoms with Crippen molar-refractivity contribution in [2.24, 2.45) is 7.05 Å². The molecule has 6 nitrogen and oxygen atoms in total. The number of rotatable bonds is 4. The Balaban J connectivity index is 1.10. The molecule has 4 heterocycles. The van der Waals surface area contributed by atoms with Crippen molar-refractivity contribution in [3.05, 3.63) is 146 Å². The lowest BCUT2D eigenvalue weighted by molar-refractivity contribution is 0.948. The fourth-order valence-corrected chi connectivity index (χ4v) is 7.64. The summed E-state index contributed by atoms with van der Waals surface area (Å²) in [7, 11) is 4.26. The van der Waals surface area contributed by atoms with Gasteiger partial charge in [0.05, 0.1) is 34.6 Å². The zero-order chi connectivity index (χ0) is 32.6. The van der Waals surface area contributed by atoms with Gasteiger partial charge in [-0.3, -0.25) is 4.57 Å². The van der Waals surface area contributed by atoms with E-state index in [0.717, 1.165) is 57.0 Å². The van der Waals surface area contributed by atoms with Gasteiger partial charge in [0.15, 0.2) is 0 Å². The lowest BCUT2D eigenvalue weighted by Gasteiger charge is -2.20. The maximum absolute atomic E-state index is 5.15. The molecular weight excluding hydrogens is 601 g/mol. The van der Waals surface area contributed by atoms with Crippen LogP contribution in [-0.2, 0) is 7.05 Å². The highest BCUT2D eigenvalue weighted by molar-refractivity contribution is 6.09. The summed E-state index contributed by atoms with van der Waals surface area (Å²) >= 11 is 0. The molecule has 0 atom stereocenters. The Morgan fingerprint density at radius 2 is 1.31 bits per heavy atom. The third-order valence-electron chi connectivity index (χ3n) is 10.1. The van der Waals surface area contributed by atoms with Crippen molar-refractivity contribution in [1.29, 1.82) is 0 Å². The molecule has 49 heavy (non-hydrogen) atoms. The van der Waals surface area contributed by atoms with E-state index in [9.17, 15) is 0 Å². The third-order valence-corrected chi connectivity index (χ3v) is 10.1. The van der Waals surface area contributed by atoms with Gasteiger partial charge >= 0.3 is 0 Å². The van der Waals surface area contributed by atoms with Crippen molar-refractivity contribution in [2.45, 2.75) is 0 Å². The predicted octanol–water partition coefficient (Wildman–Crippen LogP) is 10.1. The van der Waals surface area contributed by atoms with Crippen molar-refractivity contribution in [3.8, 4) is 28.2 Å². The molecule has 0 radical (unpaired) electrons. The first kappa shape index (κ1) is 27.7. The van der Waals surface area contributed by atoms with E-state index in [1.807, 2.05) is 12.3 Å². The number of pyridine rings is 1. The van der Waals surface area contributed by atoms with Gasteiger partial charge in [-0.15, -0.1) is 0 Å². The molecule has 0 bridgehead atoms. The monoisotopic (exact) mass is 632 g/mol. The molecule has 1 aliphatic heterocycles. The molecule has 0 spiro atoms. The van der Waals surface area contributed by atoms with E-state index in [1.54, 1.807) is 0 Å². The van der Waals surface area contributed by atoms with E-state index in [-0.39, 0.29) is 0 Å². The molecule has 234 valence electrons. The Labute approximate surface area is 283 Å². The number of fused-ring (bicyclic) bond motifs is 6. The zero-order valence-electron chi connectivity index (χ0n) is 27.2. The van der Waals surface area contributed by atoms with Crippen LogP contribution in [0.15, 0.2) is 146 Å². The normalized spacial score (nSPS) is 12.9. The van der Waals surface area contributed by atoms with Crippen LogP contribution in [0, 0.1) is 0 Å². The average Bonchev–Trinajstić information content (AvgIpc) is 3.79. The summed E-state index contributed by atoms with van der Waals surface area (Å²) in [6, 6.07) is 50.0. The summed E-state index contributed by atoms with van der Waals surface area (Å²) in [5, 5.41) is 4.79. The Morgan fingerprint density at radius 1 is 0.551 bits per heavy atom. The third kappa shape index (κ3) is 4.27. The number of para-hydroxylation sites is 2. The molecule has 6 aromatic carbocycles. The molecule has 0 saturated carbocycles. The quantitative estimate of drug-likeness (QED) is 0.194. The molecular formula is C43H32N6. The van der Waals surface area contributed by atoms with Crippen LogP contribution in [-0.4, -0.2) is 32.8 Å². The summed E-state index contributed by atoms with van der Waals surface area (Å²) in [5.74, 6) is 0.933. The van der Waals surface area contributed by atoms with E-state index in [2.05, 4.69) is 166 Å². The van der Waals surface area contributed by atoms with Gasteiger partial charge in [0.1, 0.15) is 11.5 Å². The molecule has 10 rings (SSSR count). The maximum atomic E-state index is 5.15. The highest BCUT2D eigenvalue weighted by Gasteiger charge is 2.25. The fourth-order valence-electron chi connectivity index (χ4n) is 7.64. The van der Waals surface area contributed by atoms with Crippen LogP contribution >= 0.6 is 0 Å². The fraction of sp³-hybridized carbons (Fsp3) is 0.0698. The van der Waals surface area contributed by atoms with E-state index in [1.165, 1.54) is 38.7 Å². The number of nitrogens with zero attached hydrogens (tertiary/aromatic N) is 6. The number of imidazole rings is 1. The van der Waals surface area contributed by atoms with Gasteiger partial charge in [-0.1, -0.05) is 72.8 Å². The lowest BCUT2D eigenvalue weighted by atomic mass is 10.0. The van der Waals surface area contributed by atoms with Crippen LogP contribution in [0.2, 0.25) is 0 Å². The molecule has 9 aromatic rings. The van der Waals surface area contributed by atoms with Gasteiger partial charge in [0.25, 0.3) is 0 Å². The molecule has 0 aliphatic carbocycles. The van der Waals surface area contributed by atoms with Crippen LogP contribution in [0.25, 0.3) is 71.9 Å². The van der Waals surface area contributed by atoms with Crippen molar-refractivity contribution in [3.63, 3.8) is 0 Å². The molecule has 1 aliphatic rings. The first-order valence-electron chi connectivity index (χ1n) is 16.6. The molecule has 6 heteroatoms. The summed E-state index contributed by atoms with van der Waals surface area (Å²) in [6.07, 6.45) is 1.88. The van der Waals surface area contributed by atoms with Crippen LogP contribution in [0.3, 0.4) is 0 Å². The summed E-state index contributed by atoms with van der Waals surface area (Å²) in [4.78, 5) is 14.7. The largest absolute Gasteiger partial charge is 0.355 e. The van der Waals surface area contributed by atoms with Crippen LogP contribution in [0.1, 0.15) is 0 Å². The van der Waals surface area contributed by atoms with E-state index < -0.39 is 0 Å². The summed E-state index contributed by atoms with van der Waals surface area (Å²) < 4.78 is 4.51. The molecule has 0 fully saturated rings. The standard InChI is InChI=1S/C43H32N6/c1-46-27-48(39-15-6-5-14-38(39)46)33-11-7-12-34(26-33)49-40-25-32(18-20-35(40)36-13-8-22-44-43(36)49)42-45-37-21-19-31(24-41(37)47(42)2)30-17-16-28-9-3-4-10-29(28)23-30/h3-26H,27H2,1-2H3. The zero-order valence-corrected chi connectivity index (χ0v) is 27.2. The molecule has 0 N–H and O–H groups in total. The highest BCUT2D eigenvalue weighted by Crippen LogP contribution is 2.41. The van der Waals surface area contributed by atoms with E-state index in [0.29, 0.717) is 0 Å². The molecule has 0 unspecified atom stereocenters. The summed E-state index contributed by atoms with van der Waals surface area (Å²) in [5.41, 5.74) is 12.3. The Kier molecular flexibility index (Phi) is 5.96. The minimum absolute atomic E-state index is 0.799. The van der Waals surface area contributed by atoms with E-state index >= 15 is 0 Å². The van der Waals surface area contributed by atoms with Crippen LogP contribution < -0.4 is 9.80 Å². The van der Waals surface area contributed by atoms with E-state index in [4.69, 9.17) is 9.97 Å². The van der Waals surface area contributed by atoms with Gasteiger partial charge < -0.3 is 14.4 Å².